The lowest BCUT2D eigenvalue weighted by Crippen LogP contribution is -2.27. The van der Waals surface area contributed by atoms with Gasteiger partial charge in [-0.15, -0.1) is 0 Å². The van der Waals surface area contributed by atoms with E-state index in [1.54, 1.807) is 11.9 Å². The molecule has 2 aromatic carbocycles. The minimum atomic E-state index is 0.0501. The fourth-order valence-electron chi connectivity index (χ4n) is 2.21. The van der Waals surface area contributed by atoms with Gasteiger partial charge in [-0.2, -0.15) is 0 Å². The van der Waals surface area contributed by atoms with Crippen molar-refractivity contribution in [2.75, 3.05) is 18.6 Å². The summed E-state index contributed by atoms with van der Waals surface area (Å²) in [5.74, 6) is 0.903. The van der Waals surface area contributed by atoms with E-state index in [2.05, 4.69) is 13.0 Å². The number of hydrogen-bond acceptors (Lipinski definition) is 2. The summed E-state index contributed by atoms with van der Waals surface area (Å²) in [4.78, 5) is 13.9. The quantitative estimate of drug-likeness (QED) is 0.833. The van der Waals surface area contributed by atoms with Crippen LogP contribution < -0.4 is 9.64 Å². The first-order chi connectivity index (χ1) is 10.5. The number of amides is 1. The average molecular weight is 297 g/mol. The summed E-state index contributed by atoms with van der Waals surface area (Å²) in [5, 5.41) is 0. The largest absolute Gasteiger partial charge is 0.493 e. The van der Waals surface area contributed by atoms with Gasteiger partial charge in [-0.1, -0.05) is 29.8 Å². The third-order valence-electron chi connectivity index (χ3n) is 3.92. The van der Waals surface area contributed by atoms with Crippen molar-refractivity contribution >= 4 is 11.6 Å². The Hall–Kier alpha value is -2.29. The number of benzene rings is 2. The zero-order chi connectivity index (χ0) is 16.1. The van der Waals surface area contributed by atoms with Crippen molar-refractivity contribution < 1.29 is 9.53 Å². The average Bonchev–Trinajstić information content (AvgIpc) is 2.51. The Labute approximate surface area is 132 Å². The molecule has 0 fully saturated rings. The van der Waals surface area contributed by atoms with E-state index >= 15 is 0 Å². The second kappa shape index (κ2) is 7.12. The molecule has 0 unspecified atom stereocenters. The van der Waals surface area contributed by atoms with Gasteiger partial charge in [-0.25, -0.2) is 0 Å². The van der Waals surface area contributed by atoms with E-state index in [0.717, 1.165) is 17.0 Å². The van der Waals surface area contributed by atoms with Crippen molar-refractivity contribution in [3.05, 3.63) is 59.2 Å². The summed E-state index contributed by atoms with van der Waals surface area (Å²) >= 11 is 0. The predicted octanol–water partition coefficient (Wildman–Crippen LogP) is 4.04. The fraction of sp³-hybridized carbons (Fsp3) is 0.316. The van der Waals surface area contributed by atoms with E-state index in [0.29, 0.717) is 13.0 Å². The number of nitrogens with zero attached hydrogens (tertiary/aromatic N) is 1. The molecule has 2 aromatic rings. The minimum absolute atomic E-state index is 0.0501. The summed E-state index contributed by atoms with van der Waals surface area (Å²) in [7, 11) is 1.80. The molecular weight excluding hydrogens is 274 g/mol. The molecule has 0 aromatic heterocycles. The smallest absolute Gasteiger partial charge is 0.230 e. The van der Waals surface area contributed by atoms with Crippen LogP contribution in [0.3, 0.4) is 0 Å². The van der Waals surface area contributed by atoms with Gasteiger partial charge >= 0.3 is 0 Å². The van der Waals surface area contributed by atoms with E-state index in [1.807, 2.05) is 50.2 Å². The molecule has 0 spiro atoms. The molecule has 0 N–H and O–H groups in total. The second-order valence-electron chi connectivity index (χ2n) is 5.58. The maximum Gasteiger partial charge on any atom is 0.230 e. The van der Waals surface area contributed by atoms with Crippen LogP contribution in [0, 0.1) is 20.8 Å². The highest BCUT2D eigenvalue weighted by Crippen LogP contribution is 2.21. The Morgan fingerprint density at radius 2 is 1.73 bits per heavy atom. The van der Waals surface area contributed by atoms with Crippen molar-refractivity contribution in [3.8, 4) is 5.75 Å². The van der Waals surface area contributed by atoms with Crippen molar-refractivity contribution in [2.45, 2.75) is 27.2 Å². The number of ether oxygens (including phenoxy) is 1. The van der Waals surface area contributed by atoms with E-state index in [9.17, 15) is 4.79 Å². The molecule has 3 nitrogen and oxygen atoms in total. The zero-order valence-corrected chi connectivity index (χ0v) is 13.7. The predicted molar refractivity (Wildman–Crippen MR) is 90.6 cm³/mol. The molecular formula is C19H23NO2. The molecule has 0 bridgehead atoms. The van der Waals surface area contributed by atoms with Crippen LogP contribution in [-0.4, -0.2) is 19.6 Å². The van der Waals surface area contributed by atoms with Crippen LogP contribution in [-0.2, 0) is 4.79 Å². The van der Waals surface area contributed by atoms with Gasteiger partial charge in [0, 0.05) is 12.7 Å². The highest BCUT2D eigenvalue weighted by Gasteiger charge is 2.11. The molecule has 0 saturated carbocycles. The van der Waals surface area contributed by atoms with E-state index < -0.39 is 0 Å². The van der Waals surface area contributed by atoms with Gasteiger partial charge in [0.25, 0.3) is 0 Å². The van der Waals surface area contributed by atoms with Crippen molar-refractivity contribution in [1.29, 1.82) is 0 Å². The van der Waals surface area contributed by atoms with E-state index in [1.165, 1.54) is 11.1 Å². The van der Waals surface area contributed by atoms with Crippen LogP contribution in [0.5, 0.6) is 5.75 Å². The maximum absolute atomic E-state index is 12.2. The molecule has 0 aliphatic rings. The van der Waals surface area contributed by atoms with Crippen LogP contribution in [0.15, 0.2) is 42.5 Å². The van der Waals surface area contributed by atoms with Crippen LogP contribution in [0.4, 0.5) is 5.69 Å². The van der Waals surface area contributed by atoms with E-state index in [-0.39, 0.29) is 5.91 Å². The molecule has 0 atom stereocenters. The van der Waals surface area contributed by atoms with Gasteiger partial charge in [0.15, 0.2) is 0 Å². The molecule has 0 aliphatic heterocycles. The molecule has 3 heteroatoms. The molecule has 1 amide bonds. The van der Waals surface area contributed by atoms with E-state index in [4.69, 9.17) is 4.74 Å². The minimum Gasteiger partial charge on any atom is -0.493 e. The summed E-state index contributed by atoms with van der Waals surface area (Å²) in [5.41, 5.74) is 4.41. The summed E-state index contributed by atoms with van der Waals surface area (Å²) < 4.78 is 5.75. The Morgan fingerprint density at radius 1 is 1.05 bits per heavy atom. The maximum atomic E-state index is 12.2. The zero-order valence-electron chi connectivity index (χ0n) is 13.7. The number of carbonyl (C=O) groups is 1. The first kappa shape index (κ1) is 16.1. The van der Waals surface area contributed by atoms with Crippen molar-refractivity contribution in [3.63, 3.8) is 0 Å². The Balaban J connectivity index is 1.90. The van der Waals surface area contributed by atoms with Crippen LogP contribution in [0.2, 0.25) is 0 Å². The molecule has 0 heterocycles. The van der Waals surface area contributed by atoms with Gasteiger partial charge in [-0.3, -0.25) is 4.79 Å². The number of carbonyl (C=O) groups excluding carboxylic acids is 1. The summed E-state index contributed by atoms with van der Waals surface area (Å²) in [6, 6.07) is 13.9. The van der Waals surface area contributed by atoms with Gasteiger partial charge < -0.3 is 9.64 Å². The van der Waals surface area contributed by atoms with Crippen LogP contribution in [0.25, 0.3) is 0 Å². The molecule has 0 aliphatic carbocycles. The Morgan fingerprint density at radius 3 is 2.41 bits per heavy atom. The molecule has 116 valence electrons. The molecule has 22 heavy (non-hydrogen) atoms. The first-order valence-corrected chi connectivity index (χ1v) is 7.51. The Bertz CT molecular complexity index is 647. The molecule has 0 radical (unpaired) electrons. The fourth-order valence-corrected chi connectivity index (χ4v) is 2.21. The van der Waals surface area contributed by atoms with Gasteiger partial charge in [0.2, 0.25) is 5.91 Å². The summed E-state index contributed by atoms with van der Waals surface area (Å²) in [6.45, 7) is 6.51. The number of rotatable bonds is 5. The van der Waals surface area contributed by atoms with Crippen molar-refractivity contribution in [2.24, 2.45) is 0 Å². The normalized spacial score (nSPS) is 10.4. The third-order valence-corrected chi connectivity index (χ3v) is 3.92. The third kappa shape index (κ3) is 3.88. The number of anilines is 1. The Kier molecular flexibility index (Phi) is 5.21. The number of aryl methyl sites for hydroxylation is 2. The van der Waals surface area contributed by atoms with Crippen LogP contribution in [0.1, 0.15) is 23.1 Å². The lowest BCUT2D eigenvalue weighted by Gasteiger charge is -2.18. The topological polar surface area (TPSA) is 29.5 Å². The lowest BCUT2D eigenvalue weighted by atomic mass is 10.1. The number of hydrogen-bond donors (Lipinski definition) is 0. The highest BCUT2D eigenvalue weighted by atomic mass is 16.5. The first-order valence-electron chi connectivity index (χ1n) is 7.51. The van der Waals surface area contributed by atoms with Crippen molar-refractivity contribution in [1.82, 2.24) is 0 Å². The van der Waals surface area contributed by atoms with Gasteiger partial charge in [0.05, 0.1) is 13.0 Å². The molecule has 0 saturated heterocycles. The standard InChI is InChI=1S/C19H23NO2/c1-14-8-10-17(11-9-14)20(4)19(21)12-13-22-18-7-5-6-15(2)16(18)3/h5-11H,12-13H2,1-4H3. The van der Waals surface area contributed by atoms with Gasteiger partial charge in [-0.05, 0) is 50.1 Å². The monoisotopic (exact) mass is 297 g/mol. The molecule has 2 rings (SSSR count). The SMILES string of the molecule is Cc1ccc(N(C)C(=O)CCOc2cccc(C)c2C)cc1. The van der Waals surface area contributed by atoms with Crippen LogP contribution >= 0.6 is 0 Å². The highest BCUT2D eigenvalue weighted by molar-refractivity contribution is 5.92. The summed E-state index contributed by atoms with van der Waals surface area (Å²) in [6.07, 6.45) is 0.359. The second-order valence-corrected chi connectivity index (χ2v) is 5.58. The lowest BCUT2D eigenvalue weighted by molar-refractivity contribution is -0.118. The van der Waals surface area contributed by atoms with Gasteiger partial charge in [0.1, 0.15) is 5.75 Å².